The number of nitrogens with zero attached hydrogens (tertiary/aromatic N) is 3. The summed E-state index contributed by atoms with van der Waals surface area (Å²) in [4.78, 5) is 24.7. The summed E-state index contributed by atoms with van der Waals surface area (Å²) in [5, 5.41) is 7.71. The number of amides is 1. The number of anilines is 3. The summed E-state index contributed by atoms with van der Waals surface area (Å²) in [5.74, 6) is 1.51. The van der Waals surface area contributed by atoms with E-state index in [0.717, 1.165) is 22.1 Å². The molecule has 33 heavy (non-hydrogen) atoms. The molecule has 0 saturated heterocycles. The average Bonchev–Trinajstić information content (AvgIpc) is 2.85. The van der Waals surface area contributed by atoms with Gasteiger partial charge in [0.1, 0.15) is 29.7 Å². The van der Waals surface area contributed by atoms with Gasteiger partial charge in [-0.05, 0) is 29.8 Å². The van der Waals surface area contributed by atoms with Crippen molar-refractivity contribution in [3.05, 3.63) is 78.4 Å². The van der Waals surface area contributed by atoms with Crippen molar-refractivity contribution in [3.63, 3.8) is 0 Å². The third-order valence-electron chi connectivity index (χ3n) is 4.87. The SMILES string of the molecule is COCCNC(=O)c1cnc(Nc2cc(COc3ccc(N)c4ccccc34)ccn2)cn1. The summed E-state index contributed by atoms with van der Waals surface area (Å²) >= 11 is 0. The summed E-state index contributed by atoms with van der Waals surface area (Å²) in [7, 11) is 1.57. The summed E-state index contributed by atoms with van der Waals surface area (Å²) < 4.78 is 11.0. The van der Waals surface area contributed by atoms with Crippen molar-refractivity contribution < 1.29 is 14.3 Å². The van der Waals surface area contributed by atoms with Crippen molar-refractivity contribution in [2.24, 2.45) is 0 Å². The maximum absolute atomic E-state index is 12.0. The minimum atomic E-state index is -0.307. The summed E-state index contributed by atoms with van der Waals surface area (Å²) in [6, 6.07) is 15.3. The van der Waals surface area contributed by atoms with Gasteiger partial charge in [0.2, 0.25) is 0 Å². The Morgan fingerprint density at radius 2 is 1.85 bits per heavy atom. The second-order valence-corrected chi connectivity index (χ2v) is 7.20. The number of carbonyl (C=O) groups is 1. The van der Waals surface area contributed by atoms with E-state index in [9.17, 15) is 4.79 Å². The third kappa shape index (κ3) is 5.52. The van der Waals surface area contributed by atoms with Crippen LogP contribution >= 0.6 is 0 Å². The number of fused-ring (bicyclic) bond motifs is 1. The second-order valence-electron chi connectivity index (χ2n) is 7.20. The number of carbonyl (C=O) groups excluding carboxylic acids is 1. The van der Waals surface area contributed by atoms with E-state index in [1.165, 1.54) is 12.4 Å². The van der Waals surface area contributed by atoms with Crippen LogP contribution in [0.15, 0.2) is 67.1 Å². The van der Waals surface area contributed by atoms with Crippen molar-refractivity contribution in [1.82, 2.24) is 20.3 Å². The number of rotatable bonds is 9. The zero-order valence-electron chi connectivity index (χ0n) is 18.1. The highest BCUT2D eigenvalue weighted by Gasteiger charge is 2.09. The Labute approximate surface area is 191 Å². The zero-order valence-corrected chi connectivity index (χ0v) is 18.1. The van der Waals surface area contributed by atoms with Crippen LogP contribution in [0.1, 0.15) is 16.1 Å². The molecule has 0 radical (unpaired) electrons. The van der Waals surface area contributed by atoms with E-state index >= 15 is 0 Å². The van der Waals surface area contributed by atoms with Crippen LogP contribution < -0.4 is 21.1 Å². The lowest BCUT2D eigenvalue weighted by Gasteiger charge is -2.12. The van der Waals surface area contributed by atoms with E-state index in [-0.39, 0.29) is 11.6 Å². The van der Waals surface area contributed by atoms with Crippen LogP contribution in [-0.4, -0.2) is 41.1 Å². The highest BCUT2D eigenvalue weighted by atomic mass is 16.5. The summed E-state index contributed by atoms with van der Waals surface area (Å²) in [6.07, 6.45) is 4.58. The summed E-state index contributed by atoms with van der Waals surface area (Å²) in [5.41, 5.74) is 7.93. The Bertz CT molecular complexity index is 1250. The van der Waals surface area contributed by atoms with Crippen LogP contribution in [0.5, 0.6) is 5.75 Å². The highest BCUT2D eigenvalue weighted by Crippen LogP contribution is 2.30. The molecular weight excluding hydrogens is 420 g/mol. The Morgan fingerprint density at radius 3 is 2.64 bits per heavy atom. The van der Waals surface area contributed by atoms with Gasteiger partial charge in [-0.15, -0.1) is 0 Å². The second kappa shape index (κ2) is 10.4. The van der Waals surface area contributed by atoms with Gasteiger partial charge in [-0.1, -0.05) is 24.3 Å². The fourth-order valence-corrected chi connectivity index (χ4v) is 3.21. The van der Waals surface area contributed by atoms with Crippen molar-refractivity contribution in [3.8, 4) is 5.75 Å². The van der Waals surface area contributed by atoms with Crippen LogP contribution in [0, 0.1) is 0 Å². The normalized spacial score (nSPS) is 10.7. The lowest BCUT2D eigenvalue weighted by atomic mass is 10.1. The average molecular weight is 444 g/mol. The Balaban J connectivity index is 1.40. The summed E-state index contributed by atoms with van der Waals surface area (Å²) in [6.45, 7) is 1.19. The molecule has 168 valence electrons. The molecule has 2 heterocycles. The topological polar surface area (TPSA) is 124 Å². The first-order valence-corrected chi connectivity index (χ1v) is 10.3. The Hall–Kier alpha value is -4.24. The molecule has 2 aromatic carbocycles. The lowest BCUT2D eigenvalue weighted by molar-refractivity contribution is 0.0932. The van der Waals surface area contributed by atoms with Gasteiger partial charge in [0, 0.05) is 36.3 Å². The maximum Gasteiger partial charge on any atom is 0.271 e. The molecule has 2 aromatic heterocycles. The fourth-order valence-electron chi connectivity index (χ4n) is 3.21. The predicted molar refractivity (Wildman–Crippen MR) is 126 cm³/mol. The van der Waals surface area contributed by atoms with Crippen molar-refractivity contribution >= 4 is 34.0 Å². The van der Waals surface area contributed by atoms with Gasteiger partial charge in [-0.3, -0.25) is 4.79 Å². The van der Waals surface area contributed by atoms with Gasteiger partial charge in [0.15, 0.2) is 0 Å². The molecule has 0 unspecified atom stereocenters. The molecule has 0 aliphatic heterocycles. The zero-order chi connectivity index (χ0) is 23.0. The number of nitrogens with two attached hydrogens (primary N) is 1. The number of aromatic nitrogens is 3. The van der Waals surface area contributed by atoms with Gasteiger partial charge >= 0.3 is 0 Å². The standard InChI is InChI=1S/C24H24N6O3/c1-32-11-10-27-24(31)20-13-29-23(14-28-20)30-22-12-16(8-9-26-22)15-33-21-7-6-19(25)17-4-2-3-5-18(17)21/h2-9,12-14H,10-11,15,25H2,1H3,(H,27,31)(H,26,29,30). The van der Waals surface area contributed by atoms with E-state index in [1.807, 2.05) is 48.5 Å². The number of hydrogen-bond acceptors (Lipinski definition) is 8. The number of nitrogen functional groups attached to an aromatic ring is 1. The highest BCUT2D eigenvalue weighted by molar-refractivity contribution is 5.97. The number of pyridine rings is 1. The van der Waals surface area contributed by atoms with E-state index in [2.05, 4.69) is 25.6 Å². The van der Waals surface area contributed by atoms with Crippen molar-refractivity contribution in [2.45, 2.75) is 6.61 Å². The molecule has 0 aliphatic carbocycles. The molecule has 0 atom stereocenters. The molecule has 0 saturated carbocycles. The van der Waals surface area contributed by atoms with Crippen LogP contribution in [0.25, 0.3) is 10.8 Å². The molecule has 0 aliphatic rings. The van der Waals surface area contributed by atoms with Gasteiger partial charge < -0.3 is 25.8 Å². The molecule has 9 nitrogen and oxygen atoms in total. The third-order valence-corrected chi connectivity index (χ3v) is 4.87. The molecule has 9 heteroatoms. The van der Waals surface area contributed by atoms with Crippen LogP contribution in [-0.2, 0) is 11.3 Å². The van der Waals surface area contributed by atoms with E-state index < -0.39 is 0 Å². The molecule has 0 fully saturated rings. The molecule has 4 rings (SSSR count). The van der Waals surface area contributed by atoms with E-state index in [1.54, 1.807) is 13.3 Å². The number of benzene rings is 2. The fraction of sp³-hybridized carbons (Fsp3) is 0.167. The first kappa shape index (κ1) is 22.0. The first-order chi connectivity index (χ1) is 16.1. The van der Waals surface area contributed by atoms with Crippen molar-refractivity contribution in [2.75, 3.05) is 31.3 Å². The largest absolute Gasteiger partial charge is 0.488 e. The quantitative estimate of drug-likeness (QED) is 0.265. The van der Waals surface area contributed by atoms with Gasteiger partial charge in [0.05, 0.1) is 19.0 Å². The smallest absolute Gasteiger partial charge is 0.271 e. The Kier molecular flexibility index (Phi) is 6.91. The predicted octanol–water partition coefficient (Wildman–Crippen LogP) is 3.31. The van der Waals surface area contributed by atoms with Crippen molar-refractivity contribution in [1.29, 1.82) is 0 Å². The van der Waals surface area contributed by atoms with Gasteiger partial charge in [0.25, 0.3) is 5.91 Å². The van der Waals surface area contributed by atoms with Gasteiger partial charge in [-0.25, -0.2) is 15.0 Å². The monoisotopic (exact) mass is 444 g/mol. The molecule has 4 aromatic rings. The first-order valence-electron chi connectivity index (χ1n) is 10.3. The maximum atomic E-state index is 12.0. The van der Waals surface area contributed by atoms with Crippen LogP contribution in [0.2, 0.25) is 0 Å². The number of nitrogens with one attached hydrogen (secondary N) is 2. The van der Waals surface area contributed by atoms with Crippen LogP contribution in [0.3, 0.4) is 0 Å². The minimum absolute atomic E-state index is 0.225. The minimum Gasteiger partial charge on any atom is -0.488 e. The molecule has 4 N–H and O–H groups in total. The number of ether oxygens (including phenoxy) is 2. The van der Waals surface area contributed by atoms with Crippen LogP contribution in [0.4, 0.5) is 17.3 Å². The lowest BCUT2D eigenvalue weighted by Crippen LogP contribution is -2.27. The van der Waals surface area contributed by atoms with E-state index in [0.29, 0.717) is 37.1 Å². The number of hydrogen-bond donors (Lipinski definition) is 3. The molecule has 1 amide bonds. The Morgan fingerprint density at radius 1 is 1.00 bits per heavy atom. The molecule has 0 bridgehead atoms. The van der Waals surface area contributed by atoms with Gasteiger partial charge in [-0.2, -0.15) is 0 Å². The molecular formula is C24H24N6O3. The molecule has 0 spiro atoms. The van der Waals surface area contributed by atoms with E-state index in [4.69, 9.17) is 15.2 Å². The number of methoxy groups -OCH3 is 1.